The van der Waals surface area contributed by atoms with Crippen molar-refractivity contribution in [3.8, 4) is 78.6 Å². The van der Waals surface area contributed by atoms with Crippen LogP contribution >= 0.6 is 0 Å². The Labute approximate surface area is 440 Å². The van der Waals surface area contributed by atoms with Gasteiger partial charge in [0.2, 0.25) is 0 Å². The van der Waals surface area contributed by atoms with Gasteiger partial charge in [0.25, 0.3) is 0 Å². The van der Waals surface area contributed by atoms with Crippen molar-refractivity contribution < 1.29 is 26.2 Å². The van der Waals surface area contributed by atoms with Crippen LogP contribution in [0.25, 0.3) is 83.9 Å². The minimum absolute atomic E-state index is 0. The molecule has 0 saturated heterocycles. The predicted molar refractivity (Wildman–Crippen MR) is 297 cm³/mol. The van der Waals surface area contributed by atoms with E-state index in [-0.39, 0.29) is 49.5 Å². The second kappa shape index (κ2) is 20.2. The molecule has 2 aromatic heterocycles. The third-order valence-electron chi connectivity index (χ3n) is 14.3. The van der Waals surface area contributed by atoms with Crippen molar-refractivity contribution in [3.05, 3.63) is 228 Å². The van der Waals surface area contributed by atoms with Crippen molar-refractivity contribution in [2.45, 2.75) is 85.0 Å². The molecule has 0 amide bonds. The van der Waals surface area contributed by atoms with Crippen LogP contribution in [0, 0.1) is 6.07 Å². The summed E-state index contributed by atoms with van der Waals surface area (Å²) >= 11 is 0. The quantitative estimate of drug-likeness (QED) is 0.131. The first-order valence-electron chi connectivity index (χ1n) is 25.0. The molecule has 0 radical (unpaired) electrons. The second-order valence-electron chi connectivity index (χ2n) is 21.1. The number of aromatic hydroxyl groups is 1. The van der Waals surface area contributed by atoms with Crippen LogP contribution in [0.15, 0.2) is 194 Å². The summed E-state index contributed by atoms with van der Waals surface area (Å²) in [5.41, 5.74) is 19.3. The molecule has 8 aromatic carbocycles. The average molecular weight is 1120 g/mol. The molecule has 0 aliphatic heterocycles. The molecular formula is C67H62N3OPt-. The summed E-state index contributed by atoms with van der Waals surface area (Å²) in [4.78, 5) is 10.7. The maximum Gasteiger partial charge on any atom is 0.148 e. The SMILES string of the molecule is CC(C)c1cc(-c2ccccc2)cc(C(C)C)c1-n1c(-c2cccc(C(C)(C)C)c2O)nc2c(-c3[c-]c(-c4cc(-c5ccc(C(C)(C)c6ccccc6)cc5)ccn4)cc(-c4ccccc4)c3)cccc21.[Pt]. The standard InChI is InChI=1S/C67H62N3O.Pt/c1-43(2)57-40-50(46-23-15-11-16-24-46)41-58(44(3)4)63(57)70-61-30-20-27-55(62(61)69-65(70)56-28-19-29-59(64(56)71)66(5,6)7)51-37-49(45-21-13-10-14-22-45)38-52(39-51)60-42-48(35-36-68-60)47-31-33-54(34-32-47)67(8,9)53-25-17-12-18-26-53;/h10-38,40-44,71H,1-9H3;/q-1;. The normalized spacial score (nSPS) is 11.9. The van der Waals surface area contributed by atoms with E-state index in [2.05, 4.69) is 249 Å². The van der Waals surface area contributed by atoms with Gasteiger partial charge in [-0.25, -0.2) is 4.98 Å². The zero-order chi connectivity index (χ0) is 49.6. The van der Waals surface area contributed by atoms with Gasteiger partial charge in [-0.05, 0) is 103 Å². The smallest absolute Gasteiger partial charge is 0.148 e. The number of imidazole rings is 1. The molecule has 2 heterocycles. The van der Waals surface area contributed by atoms with Gasteiger partial charge < -0.3 is 5.11 Å². The van der Waals surface area contributed by atoms with Crippen LogP contribution in [0.5, 0.6) is 5.75 Å². The zero-order valence-corrected chi connectivity index (χ0v) is 45.0. The van der Waals surface area contributed by atoms with E-state index < -0.39 is 0 Å². The summed E-state index contributed by atoms with van der Waals surface area (Å²) in [6.45, 7) is 20.1. The number of para-hydroxylation sites is 2. The molecule has 0 saturated carbocycles. The molecule has 0 unspecified atom stereocenters. The van der Waals surface area contributed by atoms with E-state index in [4.69, 9.17) is 9.97 Å². The molecule has 4 nitrogen and oxygen atoms in total. The topological polar surface area (TPSA) is 50.9 Å². The van der Waals surface area contributed by atoms with Crippen molar-refractivity contribution in [1.82, 2.24) is 14.5 Å². The van der Waals surface area contributed by atoms with Crippen molar-refractivity contribution in [2.75, 3.05) is 0 Å². The Bertz CT molecular complexity index is 3500. The van der Waals surface area contributed by atoms with Crippen LogP contribution in [-0.4, -0.2) is 19.6 Å². The van der Waals surface area contributed by atoms with Crippen LogP contribution < -0.4 is 0 Å². The van der Waals surface area contributed by atoms with Gasteiger partial charge in [0, 0.05) is 38.4 Å². The largest absolute Gasteiger partial charge is 0.507 e. The first-order chi connectivity index (χ1) is 34.2. The van der Waals surface area contributed by atoms with E-state index in [1.165, 1.54) is 33.4 Å². The molecule has 0 bridgehead atoms. The number of pyridine rings is 1. The summed E-state index contributed by atoms with van der Waals surface area (Å²) in [6.07, 6.45) is 1.91. The number of nitrogens with zero attached hydrogens (tertiary/aromatic N) is 3. The Kier molecular flexibility index (Phi) is 14.0. The molecule has 5 heteroatoms. The van der Waals surface area contributed by atoms with Gasteiger partial charge in [-0.2, -0.15) is 0 Å². The van der Waals surface area contributed by atoms with E-state index in [9.17, 15) is 5.11 Å². The number of phenolic OH excluding ortho intramolecular Hbond substituents is 1. The monoisotopic (exact) mass is 1120 g/mol. The van der Waals surface area contributed by atoms with Crippen molar-refractivity contribution in [2.24, 2.45) is 0 Å². The Hall–Kier alpha value is -7.13. The first-order valence-corrected chi connectivity index (χ1v) is 25.0. The van der Waals surface area contributed by atoms with Gasteiger partial charge in [0.15, 0.2) is 0 Å². The Morgan fingerprint density at radius 3 is 1.62 bits per heavy atom. The Morgan fingerprint density at radius 2 is 1.03 bits per heavy atom. The number of hydrogen-bond acceptors (Lipinski definition) is 3. The Morgan fingerprint density at radius 1 is 0.500 bits per heavy atom. The van der Waals surface area contributed by atoms with Gasteiger partial charge in [-0.3, -0.25) is 9.55 Å². The third kappa shape index (κ3) is 9.53. The van der Waals surface area contributed by atoms with Crippen LogP contribution in [0.2, 0.25) is 0 Å². The van der Waals surface area contributed by atoms with Crippen molar-refractivity contribution >= 4 is 11.0 Å². The minimum Gasteiger partial charge on any atom is -0.507 e. The number of benzene rings is 8. The molecule has 0 spiro atoms. The van der Waals surface area contributed by atoms with E-state index in [1.54, 1.807) is 0 Å². The number of phenols is 1. The molecule has 0 aliphatic rings. The molecular weight excluding hydrogens is 1060 g/mol. The summed E-state index contributed by atoms with van der Waals surface area (Å²) in [7, 11) is 0. The molecule has 0 fully saturated rings. The summed E-state index contributed by atoms with van der Waals surface area (Å²) in [5.74, 6) is 1.29. The molecule has 72 heavy (non-hydrogen) atoms. The van der Waals surface area contributed by atoms with Crippen LogP contribution in [-0.2, 0) is 31.9 Å². The van der Waals surface area contributed by atoms with Gasteiger partial charge >= 0.3 is 0 Å². The first kappa shape index (κ1) is 49.8. The predicted octanol–water partition coefficient (Wildman–Crippen LogP) is 17.8. The third-order valence-corrected chi connectivity index (χ3v) is 14.3. The van der Waals surface area contributed by atoms with Crippen LogP contribution in [0.1, 0.15) is 102 Å². The van der Waals surface area contributed by atoms with Gasteiger partial charge in [0.1, 0.15) is 11.6 Å². The summed E-state index contributed by atoms with van der Waals surface area (Å²) in [6, 6.07) is 70.7. The fraction of sp³-hybridized carbons (Fsp3) is 0.194. The minimum atomic E-state index is -0.303. The number of fused-ring (bicyclic) bond motifs is 1. The fourth-order valence-electron chi connectivity index (χ4n) is 10.2. The second-order valence-corrected chi connectivity index (χ2v) is 21.1. The maximum atomic E-state index is 12.4. The average Bonchev–Trinajstić information content (AvgIpc) is 3.78. The van der Waals surface area contributed by atoms with E-state index in [0.29, 0.717) is 11.4 Å². The number of hydrogen-bond donors (Lipinski definition) is 1. The molecule has 10 rings (SSSR count). The van der Waals surface area contributed by atoms with Crippen LogP contribution in [0.3, 0.4) is 0 Å². The fourth-order valence-corrected chi connectivity index (χ4v) is 10.2. The van der Waals surface area contributed by atoms with Gasteiger partial charge in [-0.15, -0.1) is 23.8 Å². The Balaban J connectivity index is 0.00000640. The zero-order valence-electron chi connectivity index (χ0n) is 42.7. The van der Waals surface area contributed by atoms with Gasteiger partial charge in [0.05, 0.1) is 22.3 Å². The number of aromatic nitrogens is 3. The molecule has 0 atom stereocenters. The van der Waals surface area contributed by atoms with Crippen molar-refractivity contribution in [3.63, 3.8) is 0 Å². The van der Waals surface area contributed by atoms with Gasteiger partial charge in [-0.1, -0.05) is 225 Å². The van der Waals surface area contributed by atoms with E-state index >= 15 is 0 Å². The van der Waals surface area contributed by atoms with Crippen LogP contribution in [0.4, 0.5) is 0 Å². The maximum absolute atomic E-state index is 12.4. The molecule has 362 valence electrons. The molecule has 10 aromatic rings. The summed E-state index contributed by atoms with van der Waals surface area (Å²) in [5, 5.41) is 12.4. The van der Waals surface area contributed by atoms with Crippen molar-refractivity contribution in [1.29, 1.82) is 0 Å². The molecule has 0 aliphatic carbocycles. The molecule has 1 N–H and O–H groups in total. The van der Waals surface area contributed by atoms with E-state index in [0.717, 1.165) is 66.9 Å². The number of rotatable bonds is 11. The van der Waals surface area contributed by atoms with E-state index in [1.807, 2.05) is 18.3 Å². The summed E-state index contributed by atoms with van der Waals surface area (Å²) < 4.78 is 2.33.